The van der Waals surface area contributed by atoms with Gasteiger partial charge in [-0.1, -0.05) is 12.1 Å². The number of amides is 1. The molecule has 33 heavy (non-hydrogen) atoms. The van der Waals surface area contributed by atoms with Gasteiger partial charge in [0.15, 0.2) is 11.5 Å². The molecule has 0 spiro atoms. The second kappa shape index (κ2) is 7.63. The number of phenols is 1. The fourth-order valence-electron chi connectivity index (χ4n) is 3.97. The highest BCUT2D eigenvalue weighted by Gasteiger charge is 2.48. The van der Waals surface area contributed by atoms with Crippen LogP contribution in [0.3, 0.4) is 0 Å². The van der Waals surface area contributed by atoms with Gasteiger partial charge in [-0.3, -0.25) is 14.5 Å². The first kappa shape index (κ1) is 20.5. The van der Waals surface area contributed by atoms with Gasteiger partial charge in [0.1, 0.15) is 23.1 Å². The Morgan fingerprint density at radius 1 is 0.970 bits per heavy atom. The van der Waals surface area contributed by atoms with E-state index < -0.39 is 35.1 Å². The van der Waals surface area contributed by atoms with Crippen molar-refractivity contribution in [2.45, 2.75) is 6.04 Å². The number of aromatic hydroxyl groups is 1. The summed E-state index contributed by atoms with van der Waals surface area (Å²) in [5.41, 5.74) is -0.271. The molecule has 3 aromatic rings. The van der Waals surface area contributed by atoms with Gasteiger partial charge in [0, 0.05) is 11.6 Å². The van der Waals surface area contributed by atoms with Crippen LogP contribution in [-0.2, 0) is 9.59 Å². The van der Waals surface area contributed by atoms with Crippen molar-refractivity contribution in [3.63, 3.8) is 0 Å². The van der Waals surface area contributed by atoms with Crippen molar-refractivity contribution in [2.24, 2.45) is 0 Å². The van der Waals surface area contributed by atoms with E-state index in [1.54, 1.807) is 0 Å². The first-order valence-corrected chi connectivity index (χ1v) is 9.80. The summed E-state index contributed by atoms with van der Waals surface area (Å²) in [5, 5.41) is 21.1. The fourth-order valence-corrected chi connectivity index (χ4v) is 3.97. The zero-order chi connectivity index (χ0) is 23.3. The molecule has 2 heterocycles. The molecule has 7 nitrogen and oxygen atoms in total. The number of aliphatic hydroxyl groups is 1. The number of carbonyl (C=O) groups is 2. The average molecular weight is 451 g/mol. The van der Waals surface area contributed by atoms with Crippen LogP contribution in [0.4, 0.5) is 14.5 Å². The van der Waals surface area contributed by atoms with Crippen molar-refractivity contribution < 1.29 is 38.1 Å². The molecule has 1 atom stereocenters. The van der Waals surface area contributed by atoms with Crippen LogP contribution in [0.25, 0.3) is 5.76 Å². The quantitative estimate of drug-likeness (QED) is 0.355. The Morgan fingerprint density at radius 3 is 2.52 bits per heavy atom. The number of anilines is 1. The van der Waals surface area contributed by atoms with E-state index in [0.717, 1.165) is 17.0 Å². The molecule has 3 aromatic carbocycles. The predicted octanol–water partition coefficient (Wildman–Crippen LogP) is 4.03. The summed E-state index contributed by atoms with van der Waals surface area (Å²) in [6, 6.07) is 11.4. The van der Waals surface area contributed by atoms with Gasteiger partial charge < -0.3 is 19.7 Å². The third kappa shape index (κ3) is 3.34. The van der Waals surface area contributed by atoms with E-state index >= 15 is 0 Å². The number of ketones is 1. The molecule has 0 saturated carbocycles. The fraction of sp³-hybridized carbons (Fsp3) is 0.0833. The maximum Gasteiger partial charge on any atom is 0.300 e. The lowest BCUT2D eigenvalue weighted by Gasteiger charge is -2.26. The van der Waals surface area contributed by atoms with E-state index in [1.807, 2.05) is 0 Å². The molecule has 2 aliphatic rings. The van der Waals surface area contributed by atoms with E-state index in [1.165, 1.54) is 42.5 Å². The number of rotatable bonds is 3. The smallest absolute Gasteiger partial charge is 0.300 e. The monoisotopic (exact) mass is 451 g/mol. The van der Waals surface area contributed by atoms with Crippen molar-refractivity contribution >= 4 is 23.1 Å². The second-order valence-corrected chi connectivity index (χ2v) is 7.43. The molecule has 0 radical (unpaired) electrons. The maximum absolute atomic E-state index is 14.7. The summed E-state index contributed by atoms with van der Waals surface area (Å²) in [5.74, 6) is -4.01. The number of hydrogen-bond acceptors (Lipinski definition) is 6. The number of carbonyl (C=O) groups excluding carboxylic acids is 2. The van der Waals surface area contributed by atoms with E-state index in [4.69, 9.17) is 9.47 Å². The number of nitrogens with zero attached hydrogens (tertiary/aromatic N) is 1. The Hall–Kier alpha value is -4.40. The summed E-state index contributed by atoms with van der Waals surface area (Å²) in [4.78, 5) is 26.9. The van der Waals surface area contributed by atoms with E-state index in [2.05, 4.69) is 0 Å². The van der Waals surface area contributed by atoms with Crippen LogP contribution in [0.15, 0.2) is 66.2 Å². The normalized spacial score (nSPS) is 18.7. The zero-order valence-corrected chi connectivity index (χ0v) is 16.8. The number of benzene rings is 3. The highest BCUT2D eigenvalue weighted by Crippen LogP contribution is 2.44. The predicted molar refractivity (Wildman–Crippen MR) is 112 cm³/mol. The third-order valence-electron chi connectivity index (χ3n) is 5.45. The van der Waals surface area contributed by atoms with Crippen molar-refractivity contribution in [1.29, 1.82) is 0 Å². The van der Waals surface area contributed by atoms with Gasteiger partial charge in [0.05, 0.1) is 17.3 Å². The minimum Gasteiger partial charge on any atom is -0.508 e. The number of phenolic OH excluding ortho intramolecular Hbond substituents is 1. The summed E-state index contributed by atoms with van der Waals surface area (Å²) in [6.07, 6.45) is 0. The topological polar surface area (TPSA) is 96.3 Å². The summed E-state index contributed by atoms with van der Waals surface area (Å²) in [7, 11) is 0. The van der Waals surface area contributed by atoms with Gasteiger partial charge >= 0.3 is 0 Å². The molecule has 0 aromatic heterocycles. The Labute approximate surface area is 185 Å². The van der Waals surface area contributed by atoms with Crippen LogP contribution in [0, 0.1) is 11.6 Å². The maximum atomic E-state index is 14.7. The van der Waals surface area contributed by atoms with Gasteiger partial charge in [0.25, 0.3) is 11.7 Å². The molecule has 1 fully saturated rings. The molecule has 1 unspecified atom stereocenters. The number of fused-ring (bicyclic) bond motifs is 1. The Kier molecular flexibility index (Phi) is 4.74. The van der Waals surface area contributed by atoms with Crippen molar-refractivity contribution in [1.82, 2.24) is 0 Å². The standard InChI is InChI=1S/C24H15F2NO6/c25-14-5-6-17(16(26)10-14)27-21(12-2-1-3-15(28)8-12)20(23(30)24(27)31)22(29)13-4-7-18-19(9-13)33-11-32-18/h1-10,21,28-29H,11H2/b22-20-. The van der Waals surface area contributed by atoms with Crippen LogP contribution >= 0.6 is 0 Å². The number of hydrogen-bond donors (Lipinski definition) is 2. The molecule has 0 bridgehead atoms. The van der Waals surface area contributed by atoms with Gasteiger partial charge in [-0.2, -0.15) is 0 Å². The summed E-state index contributed by atoms with van der Waals surface area (Å²) < 4.78 is 38.7. The molecule has 166 valence electrons. The number of aliphatic hydroxyl groups excluding tert-OH is 1. The van der Waals surface area contributed by atoms with E-state index in [9.17, 15) is 28.6 Å². The number of Topliss-reactive ketones (excluding diaryl/α,β-unsaturated/α-hetero) is 1. The molecule has 2 N–H and O–H groups in total. The van der Waals surface area contributed by atoms with Gasteiger partial charge in [-0.15, -0.1) is 0 Å². The Balaban J connectivity index is 1.73. The van der Waals surface area contributed by atoms with Crippen LogP contribution in [-0.4, -0.2) is 28.7 Å². The van der Waals surface area contributed by atoms with Crippen molar-refractivity contribution in [2.75, 3.05) is 11.7 Å². The average Bonchev–Trinajstić information content (AvgIpc) is 3.36. The van der Waals surface area contributed by atoms with E-state index in [0.29, 0.717) is 17.6 Å². The molecular weight excluding hydrogens is 436 g/mol. The summed E-state index contributed by atoms with van der Waals surface area (Å²) in [6.45, 7) is -0.00290. The summed E-state index contributed by atoms with van der Waals surface area (Å²) >= 11 is 0. The molecule has 2 aliphatic heterocycles. The number of ether oxygens (including phenoxy) is 2. The van der Waals surface area contributed by atoms with Crippen molar-refractivity contribution in [3.8, 4) is 17.2 Å². The lowest BCUT2D eigenvalue weighted by Crippen LogP contribution is -2.30. The molecule has 1 saturated heterocycles. The molecule has 0 aliphatic carbocycles. The zero-order valence-electron chi connectivity index (χ0n) is 16.8. The molecule has 9 heteroatoms. The second-order valence-electron chi connectivity index (χ2n) is 7.43. The Morgan fingerprint density at radius 2 is 1.76 bits per heavy atom. The highest BCUT2D eigenvalue weighted by atomic mass is 19.1. The van der Waals surface area contributed by atoms with Crippen LogP contribution < -0.4 is 14.4 Å². The SMILES string of the molecule is O=C1C(=O)N(c2ccc(F)cc2F)C(c2cccc(O)c2)/C1=C(/O)c1ccc2c(c1)OCO2. The molecular formula is C24H15F2NO6. The molecule has 5 rings (SSSR count). The minimum atomic E-state index is -1.29. The van der Waals surface area contributed by atoms with Crippen molar-refractivity contribution in [3.05, 3.63) is 89.0 Å². The first-order chi connectivity index (χ1) is 15.8. The van der Waals surface area contributed by atoms with Gasteiger partial charge in [0.2, 0.25) is 6.79 Å². The third-order valence-corrected chi connectivity index (χ3v) is 5.45. The van der Waals surface area contributed by atoms with Crippen LogP contribution in [0.5, 0.6) is 17.2 Å². The molecule has 1 amide bonds. The number of halogens is 2. The minimum absolute atomic E-state index is 0.00290. The lowest BCUT2D eigenvalue weighted by molar-refractivity contribution is -0.132. The van der Waals surface area contributed by atoms with Crippen LogP contribution in [0.1, 0.15) is 17.2 Å². The largest absolute Gasteiger partial charge is 0.508 e. The van der Waals surface area contributed by atoms with Gasteiger partial charge in [-0.25, -0.2) is 8.78 Å². The van der Waals surface area contributed by atoms with Gasteiger partial charge in [-0.05, 0) is 48.0 Å². The lowest BCUT2D eigenvalue weighted by atomic mass is 9.95. The highest BCUT2D eigenvalue weighted by molar-refractivity contribution is 6.51. The first-order valence-electron chi connectivity index (χ1n) is 9.80. The van der Waals surface area contributed by atoms with E-state index in [-0.39, 0.29) is 34.9 Å². The van der Waals surface area contributed by atoms with Crippen LogP contribution in [0.2, 0.25) is 0 Å². The Bertz CT molecular complexity index is 1350.